The lowest BCUT2D eigenvalue weighted by molar-refractivity contribution is 0.248. The number of hydrogen-bond donors (Lipinski definition) is 0. The Kier molecular flexibility index (Phi) is 5.79. The van der Waals surface area contributed by atoms with E-state index in [1.807, 2.05) is 0 Å². The summed E-state index contributed by atoms with van der Waals surface area (Å²) >= 11 is 0. The van der Waals surface area contributed by atoms with E-state index in [2.05, 4.69) is 93.5 Å². The Bertz CT molecular complexity index is 505. The quantitative estimate of drug-likeness (QED) is 0.686. The molecule has 0 heterocycles. The first-order chi connectivity index (χ1) is 10.6. The lowest BCUT2D eigenvalue weighted by Gasteiger charge is -2.39. The Balaban J connectivity index is 2.54. The molecule has 0 bridgehead atoms. The van der Waals surface area contributed by atoms with E-state index in [1.165, 1.54) is 24.0 Å². The summed E-state index contributed by atoms with van der Waals surface area (Å²) in [4.78, 5) is 2.33. The van der Waals surface area contributed by atoms with Gasteiger partial charge in [0, 0.05) is 11.5 Å². The molecule has 0 N–H and O–H groups in total. The zero-order chi connectivity index (χ0) is 16.0. The molecule has 0 saturated heterocycles. The van der Waals surface area contributed by atoms with Gasteiger partial charge in [0.15, 0.2) is 0 Å². The molecule has 0 fully saturated rings. The average Bonchev–Trinajstić information content (AvgIpc) is 2.55. The van der Waals surface area contributed by atoms with E-state index in [-0.39, 0.29) is 5.41 Å². The summed E-state index contributed by atoms with van der Waals surface area (Å²) in [5.74, 6) is 0. The van der Waals surface area contributed by atoms with E-state index < -0.39 is 0 Å². The normalized spacial score (nSPS) is 13.3. The molecular formula is C21H29N. The molecule has 1 nitrogen and oxygen atoms in total. The molecule has 0 amide bonds. The van der Waals surface area contributed by atoms with Crippen LogP contribution in [0, 0.1) is 0 Å². The Labute approximate surface area is 136 Å². The van der Waals surface area contributed by atoms with E-state index >= 15 is 0 Å². The maximum absolute atomic E-state index is 2.33. The molecular weight excluding hydrogens is 266 g/mol. The van der Waals surface area contributed by atoms with Gasteiger partial charge in [-0.3, -0.25) is 0 Å². The van der Waals surface area contributed by atoms with Crippen molar-refractivity contribution in [1.82, 2.24) is 4.90 Å². The molecule has 0 aliphatic carbocycles. The highest BCUT2D eigenvalue weighted by Crippen LogP contribution is 2.41. The van der Waals surface area contributed by atoms with Crippen molar-refractivity contribution in [2.24, 2.45) is 0 Å². The van der Waals surface area contributed by atoms with Crippen LogP contribution in [0.25, 0.3) is 0 Å². The number of nitrogens with zero attached hydrogens (tertiary/aromatic N) is 1. The maximum atomic E-state index is 2.33. The van der Waals surface area contributed by atoms with Crippen molar-refractivity contribution in [2.75, 3.05) is 14.1 Å². The third kappa shape index (κ3) is 3.59. The van der Waals surface area contributed by atoms with Gasteiger partial charge in [-0.05, 0) is 45.0 Å². The molecule has 0 spiro atoms. The van der Waals surface area contributed by atoms with Gasteiger partial charge in [0.25, 0.3) is 0 Å². The second kappa shape index (κ2) is 7.60. The minimum absolute atomic E-state index is 0.0982. The second-order valence-electron chi connectivity index (χ2n) is 6.58. The van der Waals surface area contributed by atoms with Gasteiger partial charge >= 0.3 is 0 Å². The van der Waals surface area contributed by atoms with E-state index in [1.54, 1.807) is 0 Å². The van der Waals surface area contributed by atoms with Gasteiger partial charge in [0.2, 0.25) is 0 Å². The van der Waals surface area contributed by atoms with Gasteiger partial charge in [0.1, 0.15) is 0 Å². The van der Waals surface area contributed by atoms with Crippen LogP contribution in [0.2, 0.25) is 0 Å². The predicted molar refractivity (Wildman–Crippen MR) is 96.3 cm³/mol. The van der Waals surface area contributed by atoms with Crippen LogP contribution < -0.4 is 0 Å². The Morgan fingerprint density at radius 3 is 1.68 bits per heavy atom. The summed E-state index contributed by atoms with van der Waals surface area (Å²) in [6.45, 7) is 4.62. The fourth-order valence-corrected chi connectivity index (χ4v) is 3.42. The van der Waals surface area contributed by atoms with Crippen LogP contribution in [0.4, 0.5) is 0 Å². The van der Waals surface area contributed by atoms with Gasteiger partial charge in [-0.1, -0.05) is 74.0 Å². The highest BCUT2D eigenvalue weighted by molar-refractivity contribution is 5.39. The van der Waals surface area contributed by atoms with Crippen LogP contribution in [0.3, 0.4) is 0 Å². The molecule has 2 aromatic rings. The topological polar surface area (TPSA) is 3.24 Å². The van der Waals surface area contributed by atoms with E-state index in [0.29, 0.717) is 6.04 Å². The fraction of sp³-hybridized carbons (Fsp3) is 0.429. The molecule has 0 aromatic heterocycles. The van der Waals surface area contributed by atoms with Crippen molar-refractivity contribution in [3.8, 4) is 0 Å². The number of rotatable bonds is 7. The minimum Gasteiger partial charge on any atom is -0.307 e. The van der Waals surface area contributed by atoms with Gasteiger partial charge in [0.05, 0.1) is 0 Å². The first-order valence-corrected chi connectivity index (χ1v) is 8.37. The lowest BCUT2D eigenvalue weighted by Crippen LogP contribution is -2.37. The van der Waals surface area contributed by atoms with Gasteiger partial charge in [-0.2, -0.15) is 0 Å². The van der Waals surface area contributed by atoms with E-state index in [0.717, 1.165) is 6.42 Å². The monoisotopic (exact) mass is 295 g/mol. The van der Waals surface area contributed by atoms with Crippen LogP contribution >= 0.6 is 0 Å². The minimum atomic E-state index is 0.0982. The van der Waals surface area contributed by atoms with Crippen LogP contribution in [0.5, 0.6) is 0 Å². The largest absolute Gasteiger partial charge is 0.307 e. The Hall–Kier alpha value is -1.60. The summed E-state index contributed by atoms with van der Waals surface area (Å²) < 4.78 is 0. The van der Waals surface area contributed by atoms with Crippen LogP contribution in [0.15, 0.2) is 60.7 Å². The van der Waals surface area contributed by atoms with Crippen LogP contribution in [-0.4, -0.2) is 25.0 Å². The summed E-state index contributed by atoms with van der Waals surface area (Å²) in [5, 5.41) is 0. The van der Waals surface area contributed by atoms with Crippen molar-refractivity contribution < 1.29 is 0 Å². The highest BCUT2D eigenvalue weighted by Gasteiger charge is 2.35. The number of hydrogen-bond acceptors (Lipinski definition) is 1. The molecule has 2 rings (SSSR count). The molecule has 1 heteroatoms. The zero-order valence-corrected chi connectivity index (χ0v) is 14.4. The Morgan fingerprint density at radius 1 is 0.864 bits per heavy atom. The predicted octanol–water partition coefficient (Wildman–Crippen LogP) is 5.11. The summed E-state index contributed by atoms with van der Waals surface area (Å²) in [5.41, 5.74) is 2.98. The summed E-state index contributed by atoms with van der Waals surface area (Å²) in [6.07, 6.45) is 3.50. The smallest absolute Gasteiger partial charge is 0.0217 e. The van der Waals surface area contributed by atoms with Crippen molar-refractivity contribution >= 4 is 0 Å². The van der Waals surface area contributed by atoms with Crippen molar-refractivity contribution in [3.05, 3.63) is 71.8 Å². The second-order valence-corrected chi connectivity index (χ2v) is 6.58. The van der Waals surface area contributed by atoms with Crippen LogP contribution in [-0.2, 0) is 5.41 Å². The molecule has 118 valence electrons. The first-order valence-electron chi connectivity index (χ1n) is 8.37. The zero-order valence-electron chi connectivity index (χ0n) is 14.4. The third-order valence-corrected chi connectivity index (χ3v) is 4.85. The Morgan fingerprint density at radius 2 is 1.32 bits per heavy atom. The van der Waals surface area contributed by atoms with Gasteiger partial charge < -0.3 is 4.90 Å². The van der Waals surface area contributed by atoms with Crippen molar-refractivity contribution in [3.63, 3.8) is 0 Å². The molecule has 0 saturated carbocycles. The van der Waals surface area contributed by atoms with E-state index in [4.69, 9.17) is 0 Å². The summed E-state index contributed by atoms with van der Waals surface area (Å²) in [6, 6.07) is 22.6. The van der Waals surface area contributed by atoms with Gasteiger partial charge in [-0.15, -0.1) is 0 Å². The number of benzene rings is 2. The third-order valence-electron chi connectivity index (χ3n) is 4.85. The molecule has 1 atom stereocenters. The first kappa shape index (κ1) is 16.8. The standard InChI is InChI=1S/C21H29N/c1-5-16-21(17-18(2)22(3)4,19-12-8-6-9-13-19)20-14-10-7-11-15-20/h6-15,18H,5,16-17H2,1-4H3. The van der Waals surface area contributed by atoms with Crippen molar-refractivity contribution in [1.29, 1.82) is 0 Å². The maximum Gasteiger partial charge on any atom is 0.0217 e. The fourth-order valence-electron chi connectivity index (χ4n) is 3.42. The molecule has 0 aliphatic rings. The average molecular weight is 295 g/mol. The summed E-state index contributed by atoms with van der Waals surface area (Å²) in [7, 11) is 4.36. The SMILES string of the molecule is CCCC(CC(C)N(C)C)(c1ccccc1)c1ccccc1. The van der Waals surface area contributed by atoms with Crippen LogP contribution in [0.1, 0.15) is 44.2 Å². The molecule has 0 aliphatic heterocycles. The molecule has 2 aromatic carbocycles. The van der Waals surface area contributed by atoms with E-state index in [9.17, 15) is 0 Å². The van der Waals surface area contributed by atoms with Gasteiger partial charge in [-0.25, -0.2) is 0 Å². The molecule has 1 unspecified atom stereocenters. The molecule has 22 heavy (non-hydrogen) atoms. The highest BCUT2D eigenvalue weighted by atomic mass is 15.1. The lowest BCUT2D eigenvalue weighted by atomic mass is 9.67. The van der Waals surface area contributed by atoms with Crippen molar-refractivity contribution in [2.45, 2.75) is 44.6 Å². The molecule has 0 radical (unpaired) electrons.